The van der Waals surface area contributed by atoms with E-state index >= 15 is 0 Å². The highest BCUT2D eigenvalue weighted by Crippen LogP contribution is 2.18. The number of nitrogens with one attached hydrogen (secondary N) is 1. The first-order valence-corrected chi connectivity index (χ1v) is 11.7. The molecule has 0 fully saturated rings. The molecule has 0 spiro atoms. The van der Waals surface area contributed by atoms with E-state index in [1.165, 1.54) is 17.2 Å². The number of likely N-dealkylation sites (N-methyl/N-ethyl adjacent to an activating group) is 1. The van der Waals surface area contributed by atoms with Crippen LogP contribution in [0.1, 0.15) is 42.5 Å². The molecule has 0 saturated carbocycles. The second-order valence-corrected chi connectivity index (χ2v) is 9.44. The second kappa shape index (κ2) is 12.1. The van der Waals surface area contributed by atoms with Gasteiger partial charge in [0.2, 0.25) is 16.9 Å². The minimum atomic E-state index is -0.665. The van der Waals surface area contributed by atoms with Crippen molar-refractivity contribution in [3.63, 3.8) is 0 Å². The number of carbonyl (C=O) groups is 2. The number of amides is 2. The lowest BCUT2D eigenvalue weighted by Gasteiger charge is -2.27. The summed E-state index contributed by atoms with van der Waals surface area (Å²) in [6.07, 6.45) is 1.05. The SMILES string of the molecule is CN(C[C@H](Cc1ccccc1)NC(=O)OC(C)(C)C)C(=O)c1occc(=O)c1OCc1ccccc1. The maximum Gasteiger partial charge on any atom is 0.407 e. The molecule has 1 heterocycles. The lowest BCUT2D eigenvalue weighted by Crippen LogP contribution is -2.47. The Balaban J connectivity index is 1.77. The van der Waals surface area contributed by atoms with Gasteiger partial charge in [0, 0.05) is 19.7 Å². The van der Waals surface area contributed by atoms with Crippen molar-refractivity contribution >= 4 is 12.0 Å². The highest BCUT2D eigenvalue weighted by atomic mass is 16.6. The third-order valence-electron chi connectivity index (χ3n) is 5.14. The largest absolute Gasteiger partial charge is 0.481 e. The van der Waals surface area contributed by atoms with Gasteiger partial charge in [-0.1, -0.05) is 60.7 Å². The molecule has 190 valence electrons. The van der Waals surface area contributed by atoms with E-state index in [9.17, 15) is 14.4 Å². The van der Waals surface area contributed by atoms with Gasteiger partial charge >= 0.3 is 6.09 Å². The molecule has 0 aliphatic carbocycles. The van der Waals surface area contributed by atoms with Crippen molar-refractivity contribution in [2.75, 3.05) is 13.6 Å². The van der Waals surface area contributed by atoms with Gasteiger partial charge in [0.05, 0.1) is 12.3 Å². The summed E-state index contributed by atoms with van der Waals surface area (Å²) in [5.41, 5.74) is 0.706. The number of ether oxygens (including phenoxy) is 2. The fraction of sp³-hybridized carbons (Fsp3) is 0.321. The third-order valence-corrected chi connectivity index (χ3v) is 5.14. The van der Waals surface area contributed by atoms with Gasteiger partial charge in [-0.05, 0) is 38.3 Å². The molecule has 0 aliphatic rings. The van der Waals surface area contributed by atoms with Gasteiger partial charge in [0.25, 0.3) is 5.91 Å². The van der Waals surface area contributed by atoms with Gasteiger partial charge in [-0.25, -0.2) is 4.79 Å². The molecular formula is C28H32N2O6. The van der Waals surface area contributed by atoms with E-state index in [0.717, 1.165) is 11.1 Å². The van der Waals surface area contributed by atoms with Crippen LogP contribution in [0.4, 0.5) is 4.79 Å². The molecule has 2 amide bonds. The predicted molar refractivity (Wildman–Crippen MR) is 136 cm³/mol. The smallest absolute Gasteiger partial charge is 0.407 e. The van der Waals surface area contributed by atoms with E-state index in [0.29, 0.717) is 6.42 Å². The average molecular weight is 493 g/mol. The van der Waals surface area contributed by atoms with Crippen molar-refractivity contribution in [3.8, 4) is 5.75 Å². The molecule has 0 bridgehead atoms. The van der Waals surface area contributed by atoms with Crippen LogP contribution in [0, 0.1) is 0 Å². The zero-order chi connectivity index (χ0) is 26.1. The Morgan fingerprint density at radius 2 is 1.58 bits per heavy atom. The minimum absolute atomic E-state index is 0.108. The molecular weight excluding hydrogens is 460 g/mol. The van der Waals surface area contributed by atoms with Crippen molar-refractivity contribution in [2.45, 2.75) is 45.4 Å². The molecule has 3 rings (SSSR count). The number of hydrogen-bond acceptors (Lipinski definition) is 6. The van der Waals surface area contributed by atoms with Crippen LogP contribution in [-0.2, 0) is 17.8 Å². The van der Waals surface area contributed by atoms with Gasteiger partial charge < -0.3 is 24.1 Å². The second-order valence-electron chi connectivity index (χ2n) is 9.44. The van der Waals surface area contributed by atoms with E-state index in [1.54, 1.807) is 27.8 Å². The summed E-state index contributed by atoms with van der Waals surface area (Å²) >= 11 is 0. The Morgan fingerprint density at radius 3 is 2.19 bits per heavy atom. The van der Waals surface area contributed by atoms with Crippen LogP contribution in [0.5, 0.6) is 5.75 Å². The number of carbonyl (C=O) groups excluding carboxylic acids is 2. The standard InChI is InChI=1S/C28H32N2O6/c1-28(2,3)36-27(33)29-22(17-20-11-7-5-8-12-20)18-30(4)26(32)25-24(23(31)15-16-34-25)35-19-21-13-9-6-10-14-21/h5-16,22H,17-19H2,1-4H3,(H,29,33)/t22-/m0/s1. The van der Waals surface area contributed by atoms with Gasteiger partial charge in [0.15, 0.2) is 0 Å². The van der Waals surface area contributed by atoms with Crippen molar-refractivity contribution in [1.82, 2.24) is 10.2 Å². The van der Waals surface area contributed by atoms with Gasteiger partial charge in [0.1, 0.15) is 12.2 Å². The van der Waals surface area contributed by atoms with Crippen LogP contribution in [0.3, 0.4) is 0 Å². The zero-order valence-corrected chi connectivity index (χ0v) is 21.0. The first-order valence-electron chi connectivity index (χ1n) is 11.7. The highest BCUT2D eigenvalue weighted by Gasteiger charge is 2.26. The molecule has 1 atom stereocenters. The predicted octanol–water partition coefficient (Wildman–Crippen LogP) is 4.43. The quantitative estimate of drug-likeness (QED) is 0.475. The molecule has 2 aromatic carbocycles. The van der Waals surface area contributed by atoms with E-state index in [2.05, 4.69) is 5.32 Å². The number of benzene rings is 2. The van der Waals surface area contributed by atoms with Crippen LogP contribution in [0.25, 0.3) is 0 Å². The average Bonchev–Trinajstić information content (AvgIpc) is 2.82. The summed E-state index contributed by atoms with van der Waals surface area (Å²) in [4.78, 5) is 39.7. The number of rotatable bonds is 9. The van der Waals surface area contributed by atoms with Crippen LogP contribution < -0.4 is 15.5 Å². The maximum absolute atomic E-state index is 13.3. The number of hydrogen-bond donors (Lipinski definition) is 1. The van der Waals surface area contributed by atoms with E-state index in [-0.39, 0.29) is 24.7 Å². The fourth-order valence-electron chi connectivity index (χ4n) is 3.54. The maximum atomic E-state index is 13.3. The van der Waals surface area contributed by atoms with E-state index in [1.807, 2.05) is 60.7 Å². The van der Waals surface area contributed by atoms with Crippen LogP contribution >= 0.6 is 0 Å². The normalized spacial score (nSPS) is 11.9. The molecule has 3 aromatic rings. The zero-order valence-electron chi connectivity index (χ0n) is 21.0. The van der Waals surface area contributed by atoms with Crippen LogP contribution in [0.2, 0.25) is 0 Å². The number of alkyl carbamates (subject to hydrolysis) is 1. The van der Waals surface area contributed by atoms with Crippen molar-refractivity contribution in [1.29, 1.82) is 0 Å². The van der Waals surface area contributed by atoms with Gasteiger partial charge in [-0.2, -0.15) is 0 Å². The Morgan fingerprint density at radius 1 is 0.972 bits per heavy atom. The fourth-order valence-corrected chi connectivity index (χ4v) is 3.54. The third kappa shape index (κ3) is 8.01. The topological polar surface area (TPSA) is 98.1 Å². The van der Waals surface area contributed by atoms with E-state index < -0.39 is 29.1 Å². The van der Waals surface area contributed by atoms with Crippen LogP contribution in [0.15, 0.2) is 82.2 Å². The Bertz CT molecular complexity index is 1200. The van der Waals surface area contributed by atoms with E-state index in [4.69, 9.17) is 13.9 Å². The van der Waals surface area contributed by atoms with Crippen molar-refractivity contribution < 1.29 is 23.5 Å². The van der Waals surface area contributed by atoms with Crippen molar-refractivity contribution in [3.05, 3.63) is 100 Å². The lowest BCUT2D eigenvalue weighted by atomic mass is 10.1. The van der Waals surface area contributed by atoms with Crippen LogP contribution in [-0.4, -0.2) is 42.1 Å². The summed E-state index contributed by atoms with van der Waals surface area (Å²) in [5.74, 6) is -0.894. The van der Waals surface area contributed by atoms with Crippen molar-refractivity contribution in [2.24, 2.45) is 0 Å². The summed E-state index contributed by atoms with van der Waals surface area (Å²) in [5, 5.41) is 2.85. The Labute approximate surface area is 210 Å². The van der Waals surface area contributed by atoms with Gasteiger partial charge in [-0.3, -0.25) is 9.59 Å². The molecule has 1 aromatic heterocycles. The molecule has 0 radical (unpaired) electrons. The molecule has 36 heavy (non-hydrogen) atoms. The molecule has 0 saturated heterocycles. The molecule has 0 aliphatic heterocycles. The Hall–Kier alpha value is -4.07. The first kappa shape index (κ1) is 26.5. The summed E-state index contributed by atoms with van der Waals surface area (Å²) < 4.78 is 16.5. The molecule has 1 N–H and O–H groups in total. The Kier molecular flexibility index (Phi) is 8.89. The highest BCUT2D eigenvalue weighted by molar-refractivity contribution is 5.93. The summed E-state index contributed by atoms with van der Waals surface area (Å²) in [7, 11) is 1.57. The molecule has 8 heteroatoms. The number of nitrogens with zero attached hydrogens (tertiary/aromatic N) is 1. The minimum Gasteiger partial charge on any atom is -0.481 e. The monoisotopic (exact) mass is 492 g/mol. The molecule has 0 unspecified atom stereocenters. The van der Waals surface area contributed by atoms with Gasteiger partial charge in [-0.15, -0.1) is 0 Å². The first-order chi connectivity index (χ1) is 17.1. The summed E-state index contributed by atoms with van der Waals surface area (Å²) in [6, 6.07) is 19.7. The summed E-state index contributed by atoms with van der Waals surface area (Å²) in [6.45, 7) is 5.59. The lowest BCUT2D eigenvalue weighted by molar-refractivity contribution is 0.0483. The molecule has 8 nitrogen and oxygen atoms in total.